The van der Waals surface area contributed by atoms with Crippen LogP contribution >= 0.6 is 0 Å². The summed E-state index contributed by atoms with van der Waals surface area (Å²) in [6, 6.07) is 5.08. The Bertz CT molecular complexity index is 1190. The molecule has 1 fully saturated rings. The Morgan fingerprint density at radius 1 is 0.854 bits per heavy atom. The fourth-order valence-corrected chi connectivity index (χ4v) is 5.31. The van der Waals surface area contributed by atoms with Crippen molar-refractivity contribution in [2.45, 2.75) is 59.9 Å². The fraction of sp³-hybridized carbons (Fsp3) is 0.552. The molecule has 4 amide bonds. The Morgan fingerprint density at radius 3 is 1.83 bits per heavy atom. The fourth-order valence-electron chi connectivity index (χ4n) is 5.31. The zero-order chi connectivity index (χ0) is 30.5. The molecule has 3 rings (SSSR count). The van der Waals surface area contributed by atoms with Gasteiger partial charge in [-0.05, 0) is 51.2 Å². The molecule has 12 heteroatoms. The van der Waals surface area contributed by atoms with Gasteiger partial charge in [-0.2, -0.15) is 0 Å². The lowest BCUT2D eigenvalue weighted by atomic mass is 9.69. The van der Waals surface area contributed by atoms with Crippen LogP contribution in [0.5, 0.6) is 0 Å². The van der Waals surface area contributed by atoms with Crippen LogP contribution in [0.4, 0.5) is 0 Å². The molecule has 0 aliphatic carbocycles. The third-order valence-corrected chi connectivity index (χ3v) is 7.40. The summed E-state index contributed by atoms with van der Waals surface area (Å²) in [6.45, 7) is 7.62. The van der Waals surface area contributed by atoms with Crippen molar-refractivity contribution >= 4 is 41.5 Å². The molecule has 0 N–H and O–H groups in total. The highest BCUT2D eigenvalue weighted by Crippen LogP contribution is 2.39. The van der Waals surface area contributed by atoms with Gasteiger partial charge in [0.1, 0.15) is 6.04 Å². The minimum atomic E-state index is -1.64. The number of benzene rings is 1. The highest BCUT2D eigenvalue weighted by molar-refractivity contribution is 6.23. The van der Waals surface area contributed by atoms with Gasteiger partial charge in [-0.15, -0.1) is 0 Å². The zero-order valence-corrected chi connectivity index (χ0v) is 24.0. The Morgan fingerprint density at radius 2 is 1.34 bits per heavy atom. The summed E-state index contributed by atoms with van der Waals surface area (Å²) < 4.78 is 15.4. The maximum Gasteiger partial charge on any atom is 0.321 e. The van der Waals surface area contributed by atoms with E-state index < -0.39 is 64.8 Å². The van der Waals surface area contributed by atoms with Gasteiger partial charge in [0, 0.05) is 13.0 Å². The van der Waals surface area contributed by atoms with Gasteiger partial charge in [0.25, 0.3) is 17.7 Å². The highest BCUT2D eigenvalue weighted by atomic mass is 16.6. The highest BCUT2D eigenvalue weighted by Gasteiger charge is 2.51. The van der Waals surface area contributed by atoms with Crippen LogP contribution in [0.15, 0.2) is 24.3 Å². The van der Waals surface area contributed by atoms with Crippen molar-refractivity contribution in [2.75, 3.05) is 26.4 Å². The molecule has 2 unspecified atom stereocenters. The Kier molecular flexibility index (Phi) is 10.0. The summed E-state index contributed by atoms with van der Waals surface area (Å²) in [4.78, 5) is 93.2. The van der Waals surface area contributed by atoms with Crippen molar-refractivity contribution in [2.24, 2.45) is 17.3 Å². The molecule has 1 aromatic rings. The monoisotopic (exact) mass is 572 g/mol. The molecule has 41 heavy (non-hydrogen) atoms. The second-order valence-corrected chi connectivity index (χ2v) is 10.4. The van der Waals surface area contributed by atoms with E-state index in [1.807, 2.05) is 0 Å². The molecule has 0 radical (unpaired) electrons. The molecular weight excluding hydrogens is 536 g/mol. The van der Waals surface area contributed by atoms with Gasteiger partial charge in [-0.3, -0.25) is 43.4 Å². The number of hydrogen-bond acceptors (Lipinski definition) is 10. The first-order valence-electron chi connectivity index (χ1n) is 13.7. The number of likely N-dealkylation sites (tertiary alicyclic amines) is 1. The SMILES string of the molecule is CCOC(=O)C(C(=O)OCC)C(C(=O)OCC)C(C)(C)CCN1C(=O)CCC(N2C(=O)c3ccccc3C2=O)C1=O. The van der Waals surface area contributed by atoms with Crippen LogP contribution < -0.4 is 0 Å². The Balaban J connectivity index is 1.87. The summed E-state index contributed by atoms with van der Waals surface area (Å²) in [5, 5.41) is 0. The minimum absolute atomic E-state index is 0.0116. The van der Waals surface area contributed by atoms with E-state index in [1.54, 1.807) is 46.8 Å². The maximum absolute atomic E-state index is 13.5. The lowest BCUT2D eigenvalue weighted by Crippen LogP contribution is -2.56. The van der Waals surface area contributed by atoms with Crippen LogP contribution in [0.25, 0.3) is 0 Å². The first kappa shape index (κ1) is 31.4. The normalized spacial score (nSPS) is 18.0. The summed E-state index contributed by atoms with van der Waals surface area (Å²) in [7, 11) is 0. The molecule has 0 aromatic heterocycles. The molecule has 0 saturated carbocycles. The molecule has 222 valence electrons. The predicted octanol–water partition coefficient (Wildman–Crippen LogP) is 2.14. The van der Waals surface area contributed by atoms with Crippen molar-refractivity contribution in [3.8, 4) is 0 Å². The largest absolute Gasteiger partial charge is 0.466 e. The van der Waals surface area contributed by atoms with Crippen molar-refractivity contribution in [1.82, 2.24) is 9.80 Å². The van der Waals surface area contributed by atoms with Gasteiger partial charge in [0.15, 0.2) is 5.92 Å². The van der Waals surface area contributed by atoms with Gasteiger partial charge in [0.2, 0.25) is 5.91 Å². The smallest absolute Gasteiger partial charge is 0.321 e. The molecule has 2 heterocycles. The number of amides is 4. The van der Waals surface area contributed by atoms with E-state index in [0.29, 0.717) is 0 Å². The number of carbonyl (C=O) groups is 7. The first-order valence-corrected chi connectivity index (χ1v) is 13.7. The average molecular weight is 573 g/mol. The van der Waals surface area contributed by atoms with Crippen LogP contribution in [0, 0.1) is 17.3 Å². The van der Waals surface area contributed by atoms with Gasteiger partial charge in [-0.1, -0.05) is 26.0 Å². The summed E-state index contributed by atoms with van der Waals surface area (Å²) in [6.07, 6.45) is -0.111. The van der Waals surface area contributed by atoms with Gasteiger partial charge < -0.3 is 14.2 Å². The molecule has 0 spiro atoms. The summed E-state index contributed by atoms with van der Waals surface area (Å²) >= 11 is 0. The number of imide groups is 2. The molecular formula is C29H36N2O10. The average Bonchev–Trinajstić information content (AvgIpc) is 3.17. The van der Waals surface area contributed by atoms with Crippen LogP contribution in [-0.4, -0.2) is 83.7 Å². The van der Waals surface area contributed by atoms with E-state index in [0.717, 1.165) is 9.80 Å². The van der Waals surface area contributed by atoms with E-state index in [2.05, 4.69) is 0 Å². The number of fused-ring (bicyclic) bond motifs is 1. The van der Waals surface area contributed by atoms with Crippen LogP contribution in [0.1, 0.15) is 74.6 Å². The number of hydrogen-bond donors (Lipinski definition) is 0. The molecule has 2 atom stereocenters. The van der Waals surface area contributed by atoms with Crippen LogP contribution in [-0.2, 0) is 38.2 Å². The van der Waals surface area contributed by atoms with Crippen LogP contribution in [0.2, 0.25) is 0 Å². The van der Waals surface area contributed by atoms with E-state index in [9.17, 15) is 33.6 Å². The summed E-state index contributed by atoms with van der Waals surface area (Å²) in [5.41, 5.74) is -0.799. The van der Waals surface area contributed by atoms with Gasteiger partial charge >= 0.3 is 17.9 Å². The molecule has 12 nitrogen and oxygen atoms in total. The zero-order valence-electron chi connectivity index (χ0n) is 24.0. The van der Waals surface area contributed by atoms with Crippen molar-refractivity contribution < 1.29 is 47.8 Å². The van der Waals surface area contributed by atoms with Crippen LogP contribution in [0.3, 0.4) is 0 Å². The lowest BCUT2D eigenvalue weighted by Gasteiger charge is -2.39. The second kappa shape index (κ2) is 13.0. The minimum Gasteiger partial charge on any atom is -0.466 e. The lowest BCUT2D eigenvalue weighted by molar-refractivity contribution is -0.177. The number of nitrogens with zero attached hydrogens (tertiary/aromatic N) is 2. The standard InChI is InChI=1S/C29H36N2O10/c1-6-39-26(36)21(27(37)40-7-2)22(28(38)41-8-3)29(4,5)15-16-30-20(32)14-13-19(25(30)35)31-23(33)17-11-9-10-12-18(17)24(31)34/h9-12,19,21-22H,6-8,13-16H2,1-5H3. The maximum atomic E-state index is 13.5. The molecule has 2 aliphatic heterocycles. The van der Waals surface area contributed by atoms with Gasteiger partial charge in [0.05, 0.1) is 36.9 Å². The van der Waals surface area contributed by atoms with E-state index in [4.69, 9.17) is 14.2 Å². The van der Waals surface area contributed by atoms with Crippen molar-refractivity contribution in [1.29, 1.82) is 0 Å². The summed E-state index contributed by atoms with van der Waals surface area (Å²) in [5.74, 6) is -8.15. The molecule has 0 bridgehead atoms. The molecule has 1 saturated heterocycles. The topological polar surface area (TPSA) is 154 Å². The Labute approximate surface area is 238 Å². The molecule has 2 aliphatic rings. The molecule has 1 aromatic carbocycles. The number of carbonyl (C=O) groups excluding carboxylic acids is 7. The van der Waals surface area contributed by atoms with E-state index >= 15 is 0 Å². The van der Waals surface area contributed by atoms with Crippen molar-refractivity contribution in [3.63, 3.8) is 0 Å². The Hall–Kier alpha value is -4.09. The van der Waals surface area contributed by atoms with E-state index in [1.165, 1.54) is 12.1 Å². The third-order valence-electron chi connectivity index (χ3n) is 7.40. The number of ether oxygens (including phenoxy) is 3. The first-order chi connectivity index (χ1) is 19.4. The number of esters is 3. The van der Waals surface area contributed by atoms with E-state index in [-0.39, 0.29) is 56.8 Å². The number of rotatable bonds is 12. The quantitative estimate of drug-likeness (QED) is 0.157. The van der Waals surface area contributed by atoms with Gasteiger partial charge in [-0.25, -0.2) is 0 Å². The second-order valence-electron chi connectivity index (χ2n) is 10.4. The number of piperidine rings is 1. The van der Waals surface area contributed by atoms with Crippen molar-refractivity contribution in [3.05, 3.63) is 35.4 Å². The predicted molar refractivity (Wildman–Crippen MR) is 142 cm³/mol. The third kappa shape index (κ3) is 6.31.